The number of halogens is 3. The molecule has 0 aliphatic rings. The van der Waals surface area contributed by atoms with E-state index in [9.17, 15) is 14.4 Å². The fourth-order valence-corrected chi connectivity index (χ4v) is 4.05. The molecule has 8 nitrogen and oxygen atoms in total. The molecule has 40 heavy (non-hydrogen) atoms. The molecule has 0 aliphatic heterocycles. The van der Waals surface area contributed by atoms with Gasteiger partial charge in [-0.2, -0.15) is 5.10 Å². The molecule has 0 aliphatic carbocycles. The number of nitrogens with zero attached hydrogens (tertiary/aromatic N) is 1. The first-order valence-corrected chi connectivity index (χ1v) is 12.7. The predicted octanol–water partition coefficient (Wildman–Crippen LogP) is 6.89. The van der Waals surface area contributed by atoms with Crippen molar-refractivity contribution in [2.24, 2.45) is 5.10 Å². The van der Waals surface area contributed by atoms with Gasteiger partial charge >= 0.3 is 5.97 Å². The monoisotopic (exact) mass is 595 g/mol. The Kier molecular flexibility index (Phi) is 9.39. The smallest absolute Gasteiger partial charge is 0.343 e. The molecule has 0 atom stereocenters. The van der Waals surface area contributed by atoms with Crippen LogP contribution in [0.5, 0.6) is 11.5 Å². The van der Waals surface area contributed by atoms with Gasteiger partial charge in [0.2, 0.25) is 0 Å². The first kappa shape index (κ1) is 28.6. The summed E-state index contributed by atoms with van der Waals surface area (Å²) in [6.45, 7) is 0. The predicted molar refractivity (Wildman–Crippen MR) is 155 cm³/mol. The average Bonchev–Trinajstić information content (AvgIpc) is 2.94. The molecular formula is C29H20Cl3N3O5. The normalized spacial score (nSPS) is 10.7. The van der Waals surface area contributed by atoms with Gasteiger partial charge in [-0.3, -0.25) is 9.59 Å². The number of rotatable bonds is 8. The van der Waals surface area contributed by atoms with Crippen molar-refractivity contribution in [3.8, 4) is 11.5 Å². The quantitative estimate of drug-likeness (QED) is 0.0997. The van der Waals surface area contributed by atoms with Crippen LogP contribution in [-0.2, 0) is 0 Å². The van der Waals surface area contributed by atoms with E-state index >= 15 is 0 Å². The van der Waals surface area contributed by atoms with Crippen LogP contribution in [-0.4, -0.2) is 31.1 Å². The second kappa shape index (κ2) is 13.1. The Morgan fingerprint density at radius 2 is 1.52 bits per heavy atom. The van der Waals surface area contributed by atoms with E-state index in [4.69, 9.17) is 44.3 Å². The van der Waals surface area contributed by atoms with E-state index in [1.54, 1.807) is 66.7 Å². The minimum absolute atomic E-state index is 0.206. The van der Waals surface area contributed by atoms with Crippen molar-refractivity contribution in [2.45, 2.75) is 0 Å². The van der Waals surface area contributed by atoms with E-state index in [0.29, 0.717) is 32.6 Å². The van der Waals surface area contributed by atoms with Crippen LogP contribution in [0, 0.1) is 0 Å². The number of benzene rings is 4. The maximum Gasteiger partial charge on any atom is 0.343 e. The molecule has 0 radical (unpaired) electrons. The Labute approximate surface area is 244 Å². The summed E-state index contributed by atoms with van der Waals surface area (Å²) in [4.78, 5) is 37.6. The highest BCUT2D eigenvalue weighted by Crippen LogP contribution is 2.28. The fraction of sp³-hybridized carbons (Fsp3) is 0.0345. The molecule has 4 aromatic carbocycles. The zero-order valence-electron chi connectivity index (χ0n) is 20.8. The number of amides is 2. The first-order chi connectivity index (χ1) is 19.2. The van der Waals surface area contributed by atoms with Crippen LogP contribution in [0.4, 0.5) is 5.69 Å². The molecule has 2 N–H and O–H groups in total. The largest absolute Gasteiger partial charge is 0.493 e. The third-order valence-corrected chi connectivity index (χ3v) is 6.21. The average molecular weight is 597 g/mol. The summed E-state index contributed by atoms with van der Waals surface area (Å²) >= 11 is 17.8. The number of anilines is 1. The van der Waals surface area contributed by atoms with Crippen LogP contribution in [0.3, 0.4) is 0 Å². The van der Waals surface area contributed by atoms with Crippen molar-refractivity contribution in [3.05, 3.63) is 122 Å². The molecule has 0 saturated carbocycles. The second-order valence-corrected chi connectivity index (χ2v) is 9.45. The van der Waals surface area contributed by atoms with Gasteiger partial charge in [0, 0.05) is 21.3 Å². The highest BCUT2D eigenvalue weighted by molar-refractivity contribution is 6.37. The number of esters is 1. The van der Waals surface area contributed by atoms with Crippen LogP contribution < -0.4 is 20.2 Å². The number of nitrogens with one attached hydrogen (secondary N) is 2. The maximum absolute atomic E-state index is 12.6. The molecule has 0 fully saturated rings. The number of carbonyl (C=O) groups is 3. The summed E-state index contributed by atoms with van der Waals surface area (Å²) in [6, 6.07) is 21.9. The molecule has 0 spiro atoms. The van der Waals surface area contributed by atoms with E-state index in [-0.39, 0.29) is 21.9 Å². The van der Waals surface area contributed by atoms with E-state index in [1.165, 1.54) is 31.5 Å². The van der Waals surface area contributed by atoms with E-state index in [2.05, 4.69) is 15.8 Å². The molecule has 0 aromatic heterocycles. The van der Waals surface area contributed by atoms with Crippen molar-refractivity contribution >= 4 is 64.5 Å². The molecular weight excluding hydrogens is 577 g/mol. The van der Waals surface area contributed by atoms with Gasteiger partial charge < -0.3 is 14.8 Å². The lowest BCUT2D eigenvalue weighted by Crippen LogP contribution is -2.18. The summed E-state index contributed by atoms with van der Waals surface area (Å²) in [5.74, 6) is -1.02. The maximum atomic E-state index is 12.6. The third kappa shape index (κ3) is 7.39. The van der Waals surface area contributed by atoms with Crippen molar-refractivity contribution in [1.29, 1.82) is 0 Å². The minimum Gasteiger partial charge on any atom is -0.493 e. The molecule has 4 aromatic rings. The van der Waals surface area contributed by atoms with Crippen molar-refractivity contribution in [3.63, 3.8) is 0 Å². The van der Waals surface area contributed by atoms with E-state index in [0.717, 1.165) is 0 Å². The standard InChI is InChI=1S/C29H20Cl3N3O5/c1-39-26-13-17(5-12-25(26)40-29(38)18-6-8-20(30)9-7-18)16-33-35-27(36)19-3-2-4-22(14-19)34-28(37)23-11-10-21(31)15-24(23)32/h2-16H,1H3,(H,34,37)(H,35,36). The lowest BCUT2D eigenvalue weighted by Gasteiger charge is -2.10. The van der Waals surface area contributed by atoms with Gasteiger partial charge in [0.25, 0.3) is 11.8 Å². The number of methoxy groups -OCH3 is 1. The SMILES string of the molecule is COc1cc(C=NNC(=O)c2cccc(NC(=O)c3ccc(Cl)cc3Cl)c2)ccc1OC(=O)c1ccc(Cl)cc1. The number of hydrogen-bond donors (Lipinski definition) is 2. The van der Waals surface area contributed by atoms with Gasteiger partial charge in [-0.1, -0.05) is 40.9 Å². The Hall–Kier alpha value is -4.37. The lowest BCUT2D eigenvalue weighted by molar-refractivity contribution is 0.0729. The molecule has 2 amide bonds. The molecule has 202 valence electrons. The summed E-state index contributed by atoms with van der Waals surface area (Å²) in [5, 5.41) is 7.80. The molecule has 0 unspecified atom stereocenters. The minimum atomic E-state index is -0.571. The Bertz CT molecular complexity index is 1610. The van der Waals surface area contributed by atoms with Gasteiger partial charge in [-0.15, -0.1) is 0 Å². The first-order valence-electron chi connectivity index (χ1n) is 11.6. The summed E-state index contributed by atoms with van der Waals surface area (Å²) in [5.41, 5.74) is 4.23. The Morgan fingerprint density at radius 1 is 0.775 bits per heavy atom. The molecule has 0 heterocycles. The van der Waals surface area contributed by atoms with E-state index < -0.39 is 17.8 Å². The van der Waals surface area contributed by atoms with Crippen molar-refractivity contribution < 1.29 is 23.9 Å². The van der Waals surface area contributed by atoms with Crippen LogP contribution in [0.1, 0.15) is 36.6 Å². The van der Waals surface area contributed by atoms with Crippen LogP contribution in [0.25, 0.3) is 0 Å². The summed E-state index contributed by atoms with van der Waals surface area (Å²) in [7, 11) is 1.43. The zero-order valence-corrected chi connectivity index (χ0v) is 23.1. The van der Waals surface area contributed by atoms with Crippen molar-refractivity contribution in [2.75, 3.05) is 12.4 Å². The van der Waals surface area contributed by atoms with E-state index in [1.807, 2.05) is 0 Å². The lowest BCUT2D eigenvalue weighted by atomic mass is 10.1. The molecule has 11 heteroatoms. The fourth-order valence-electron chi connectivity index (χ4n) is 3.43. The van der Waals surface area contributed by atoms with Gasteiger partial charge in [0.1, 0.15) is 0 Å². The van der Waals surface area contributed by atoms with Gasteiger partial charge in [-0.25, -0.2) is 10.2 Å². The van der Waals surface area contributed by atoms with Crippen LogP contribution >= 0.6 is 34.8 Å². The summed E-state index contributed by atoms with van der Waals surface area (Å²) in [6.07, 6.45) is 1.40. The Balaban J connectivity index is 1.38. The second-order valence-electron chi connectivity index (χ2n) is 8.16. The number of hydrogen-bond acceptors (Lipinski definition) is 6. The number of ether oxygens (including phenoxy) is 2. The topological polar surface area (TPSA) is 106 Å². The highest BCUT2D eigenvalue weighted by atomic mass is 35.5. The van der Waals surface area contributed by atoms with Crippen molar-refractivity contribution in [1.82, 2.24) is 5.43 Å². The van der Waals surface area contributed by atoms with Crippen LogP contribution in [0.2, 0.25) is 15.1 Å². The van der Waals surface area contributed by atoms with Gasteiger partial charge in [0.05, 0.1) is 29.5 Å². The molecule has 0 saturated heterocycles. The van der Waals surface area contributed by atoms with Gasteiger partial charge in [0.15, 0.2) is 11.5 Å². The highest BCUT2D eigenvalue weighted by Gasteiger charge is 2.14. The van der Waals surface area contributed by atoms with Gasteiger partial charge in [-0.05, 0) is 84.4 Å². The van der Waals surface area contributed by atoms with Crippen LogP contribution in [0.15, 0.2) is 90.0 Å². The number of hydrazone groups is 1. The Morgan fingerprint density at radius 3 is 2.25 bits per heavy atom. The zero-order chi connectivity index (χ0) is 28.6. The third-order valence-electron chi connectivity index (χ3n) is 5.41. The molecule has 4 rings (SSSR count). The number of carbonyl (C=O) groups excluding carboxylic acids is 3. The summed E-state index contributed by atoms with van der Waals surface area (Å²) < 4.78 is 10.8. The molecule has 0 bridgehead atoms.